The average Bonchev–Trinajstić information content (AvgIpc) is 2.91. The second-order valence-electron chi connectivity index (χ2n) is 4.84. The predicted octanol–water partition coefficient (Wildman–Crippen LogP) is 2.41. The summed E-state index contributed by atoms with van der Waals surface area (Å²) in [6.07, 6.45) is 1.69. The molecule has 0 radical (unpaired) electrons. The van der Waals surface area contributed by atoms with Gasteiger partial charge >= 0.3 is 0 Å². The Morgan fingerprint density at radius 3 is 2.85 bits per heavy atom. The first-order chi connectivity index (χ1) is 9.58. The zero-order valence-electron chi connectivity index (χ0n) is 11.5. The molecule has 0 saturated heterocycles. The van der Waals surface area contributed by atoms with Gasteiger partial charge in [0, 0.05) is 16.8 Å². The number of benzene rings is 1. The van der Waals surface area contributed by atoms with Crippen molar-refractivity contribution in [1.29, 1.82) is 0 Å². The topological polar surface area (TPSA) is 37.0 Å². The summed E-state index contributed by atoms with van der Waals surface area (Å²) in [6, 6.07) is 9.47. The third-order valence-corrected chi connectivity index (χ3v) is 4.31. The van der Waals surface area contributed by atoms with Crippen LogP contribution >= 0.6 is 22.9 Å². The second kappa shape index (κ2) is 6.88. The fourth-order valence-electron chi connectivity index (χ4n) is 1.93. The van der Waals surface area contributed by atoms with E-state index in [2.05, 4.69) is 36.6 Å². The first-order valence-corrected chi connectivity index (χ1v) is 7.65. The lowest BCUT2D eigenvalue weighted by molar-refractivity contribution is -0.890. The zero-order valence-corrected chi connectivity index (χ0v) is 13.1. The fraction of sp³-hybridized carbons (Fsp3) is 0.267. The summed E-state index contributed by atoms with van der Waals surface area (Å²) in [4.78, 5) is 7.11. The lowest BCUT2D eigenvalue weighted by Crippen LogP contribution is -3.06. The summed E-state index contributed by atoms with van der Waals surface area (Å²) in [7, 11) is 4.24. The van der Waals surface area contributed by atoms with Crippen LogP contribution in [0, 0.1) is 0 Å². The second-order valence-corrected chi connectivity index (χ2v) is 6.26. The SMILES string of the molecule is C[NH+](C)[C@@H](CN=Cc1cc(Cl)ccc1O)c1cccs1. The van der Waals surface area contributed by atoms with Crippen molar-refractivity contribution in [2.75, 3.05) is 20.6 Å². The third kappa shape index (κ3) is 3.82. The molecule has 2 aromatic rings. The number of halogens is 1. The van der Waals surface area contributed by atoms with Crippen molar-refractivity contribution in [3.63, 3.8) is 0 Å². The molecule has 0 spiro atoms. The molecule has 0 aliphatic rings. The van der Waals surface area contributed by atoms with Crippen LogP contribution in [-0.2, 0) is 0 Å². The maximum atomic E-state index is 9.74. The number of aromatic hydroxyl groups is 1. The van der Waals surface area contributed by atoms with Crippen molar-refractivity contribution in [3.05, 3.63) is 51.2 Å². The predicted molar refractivity (Wildman–Crippen MR) is 85.4 cm³/mol. The summed E-state index contributed by atoms with van der Waals surface area (Å²) >= 11 is 7.66. The Morgan fingerprint density at radius 1 is 1.40 bits per heavy atom. The molecule has 106 valence electrons. The van der Waals surface area contributed by atoms with Crippen LogP contribution in [0.25, 0.3) is 0 Å². The highest BCUT2D eigenvalue weighted by Crippen LogP contribution is 2.20. The molecule has 1 heterocycles. The van der Waals surface area contributed by atoms with Crippen LogP contribution in [0.4, 0.5) is 0 Å². The van der Waals surface area contributed by atoms with Crippen LogP contribution in [0.1, 0.15) is 16.5 Å². The highest BCUT2D eigenvalue weighted by atomic mass is 35.5. The molecular formula is C15H18ClN2OS+. The van der Waals surface area contributed by atoms with E-state index in [1.807, 2.05) is 0 Å². The molecule has 1 atom stereocenters. The number of hydrogen-bond acceptors (Lipinski definition) is 3. The molecule has 3 nitrogen and oxygen atoms in total. The van der Waals surface area contributed by atoms with E-state index in [0.717, 1.165) is 0 Å². The molecule has 1 aromatic heterocycles. The van der Waals surface area contributed by atoms with Crippen molar-refractivity contribution in [3.8, 4) is 5.75 Å². The number of thiophene rings is 1. The molecule has 2 rings (SSSR count). The van der Waals surface area contributed by atoms with Crippen LogP contribution in [0.3, 0.4) is 0 Å². The molecule has 1 aromatic carbocycles. The molecule has 0 aliphatic heterocycles. The van der Waals surface area contributed by atoms with Gasteiger partial charge in [-0.25, -0.2) is 0 Å². The summed E-state index contributed by atoms with van der Waals surface area (Å²) < 4.78 is 0. The fourth-order valence-corrected chi connectivity index (χ4v) is 3.06. The minimum atomic E-state index is 0.197. The number of nitrogens with one attached hydrogen (secondary N) is 1. The molecule has 20 heavy (non-hydrogen) atoms. The summed E-state index contributed by atoms with van der Waals surface area (Å²) in [5.41, 5.74) is 0.649. The standard InChI is InChI=1S/C15H17ClN2OS/c1-18(2)13(15-4-3-7-20-15)10-17-9-11-8-12(16)5-6-14(11)19/h3-9,13,19H,10H2,1-2H3/p+1/t13-/m0/s1. The summed E-state index contributed by atoms with van der Waals surface area (Å²) in [6.45, 7) is 0.675. The number of hydrogen-bond donors (Lipinski definition) is 2. The van der Waals surface area contributed by atoms with Crippen molar-refractivity contribution in [2.24, 2.45) is 4.99 Å². The van der Waals surface area contributed by atoms with E-state index in [0.29, 0.717) is 23.2 Å². The molecule has 2 N–H and O–H groups in total. The number of aliphatic imine (C=N–C) groups is 1. The Bertz CT molecular complexity index is 582. The van der Waals surface area contributed by atoms with E-state index < -0.39 is 0 Å². The molecular weight excluding hydrogens is 292 g/mol. The number of quaternary nitrogens is 1. The number of phenols is 1. The molecule has 0 amide bonds. The Morgan fingerprint density at radius 2 is 2.20 bits per heavy atom. The lowest BCUT2D eigenvalue weighted by Gasteiger charge is -2.18. The maximum Gasteiger partial charge on any atom is 0.142 e. The van der Waals surface area contributed by atoms with Gasteiger partial charge in [0.1, 0.15) is 11.8 Å². The number of rotatable bonds is 5. The first kappa shape index (κ1) is 15.0. The van der Waals surface area contributed by atoms with Gasteiger partial charge in [0.05, 0.1) is 25.5 Å². The molecule has 0 fully saturated rings. The molecule has 0 unspecified atom stereocenters. The normalized spacial score (nSPS) is 13.2. The average molecular weight is 310 g/mol. The van der Waals surface area contributed by atoms with Crippen molar-refractivity contribution in [1.82, 2.24) is 0 Å². The van der Waals surface area contributed by atoms with E-state index in [1.165, 1.54) is 9.78 Å². The van der Waals surface area contributed by atoms with E-state index in [9.17, 15) is 5.11 Å². The molecule has 0 saturated carbocycles. The van der Waals surface area contributed by atoms with Crippen LogP contribution in [-0.4, -0.2) is 32.0 Å². The quantitative estimate of drug-likeness (QED) is 0.818. The molecule has 5 heteroatoms. The van der Waals surface area contributed by atoms with E-state index in [1.54, 1.807) is 35.8 Å². The zero-order chi connectivity index (χ0) is 14.5. The van der Waals surface area contributed by atoms with Crippen molar-refractivity contribution in [2.45, 2.75) is 6.04 Å². The van der Waals surface area contributed by atoms with Gasteiger partial charge in [-0.3, -0.25) is 4.99 Å². The largest absolute Gasteiger partial charge is 0.507 e. The van der Waals surface area contributed by atoms with Gasteiger partial charge in [-0.05, 0) is 29.6 Å². The van der Waals surface area contributed by atoms with Gasteiger partial charge in [0.15, 0.2) is 0 Å². The number of phenolic OH excluding ortho intramolecular Hbond substituents is 1. The number of likely N-dealkylation sites (N-methyl/N-ethyl adjacent to an activating group) is 1. The highest BCUT2D eigenvalue weighted by Gasteiger charge is 2.17. The number of nitrogens with zero attached hydrogens (tertiary/aromatic N) is 1. The smallest absolute Gasteiger partial charge is 0.142 e. The van der Waals surface area contributed by atoms with Crippen LogP contribution < -0.4 is 4.90 Å². The Labute approximate surface area is 128 Å². The third-order valence-electron chi connectivity index (χ3n) is 3.09. The lowest BCUT2D eigenvalue weighted by atomic mass is 10.2. The van der Waals surface area contributed by atoms with Gasteiger partial charge in [0.2, 0.25) is 0 Å². The van der Waals surface area contributed by atoms with Crippen LogP contribution in [0.5, 0.6) is 5.75 Å². The minimum Gasteiger partial charge on any atom is -0.507 e. The van der Waals surface area contributed by atoms with Gasteiger partial charge in [-0.2, -0.15) is 0 Å². The van der Waals surface area contributed by atoms with Gasteiger partial charge in [0.25, 0.3) is 0 Å². The monoisotopic (exact) mass is 309 g/mol. The van der Waals surface area contributed by atoms with E-state index >= 15 is 0 Å². The highest BCUT2D eigenvalue weighted by molar-refractivity contribution is 7.10. The maximum absolute atomic E-state index is 9.74. The first-order valence-electron chi connectivity index (χ1n) is 6.39. The van der Waals surface area contributed by atoms with Crippen LogP contribution in [0.2, 0.25) is 5.02 Å². The Hall–Kier alpha value is -1.36. The Balaban J connectivity index is 2.09. The molecule has 0 aliphatic carbocycles. The van der Waals surface area contributed by atoms with Crippen molar-refractivity contribution < 1.29 is 10.0 Å². The van der Waals surface area contributed by atoms with Gasteiger partial charge in [-0.15, -0.1) is 11.3 Å². The van der Waals surface area contributed by atoms with E-state index in [4.69, 9.17) is 11.6 Å². The van der Waals surface area contributed by atoms with Gasteiger partial charge in [-0.1, -0.05) is 17.7 Å². The van der Waals surface area contributed by atoms with Gasteiger partial charge < -0.3 is 10.0 Å². The summed E-state index contributed by atoms with van der Waals surface area (Å²) in [5, 5.41) is 12.4. The minimum absolute atomic E-state index is 0.197. The van der Waals surface area contributed by atoms with Crippen molar-refractivity contribution >= 4 is 29.2 Å². The molecule has 0 bridgehead atoms. The summed E-state index contributed by atoms with van der Waals surface area (Å²) in [5.74, 6) is 0.197. The Kier molecular flexibility index (Phi) is 5.17. The van der Waals surface area contributed by atoms with E-state index in [-0.39, 0.29) is 5.75 Å². The van der Waals surface area contributed by atoms with Crippen LogP contribution in [0.15, 0.2) is 40.7 Å².